The molecule has 0 aliphatic heterocycles. The summed E-state index contributed by atoms with van der Waals surface area (Å²) < 4.78 is 1.98. The third-order valence-electron chi connectivity index (χ3n) is 1.83. The Bertz CT molecular complexity index is 381. The number of hydrogen-bond acceptors (Lipinski definition) is 3. The van der Waals surface area contributed by atoms with Crippen molar-refractivity contribution in [3.8, 4) is 0 Å². The minimum atomic E-state index is 0.0118. The maximum absolute atomic E-state index is 5.77. The summed E-state index contributed by atoms with van der Waals surface area (Å²) >= 11 is 0.0118. The van der Waals surface area contributed by atoms with E-state index in [-0.39, 0.29) is 21.5 Å². The minimum absolute atomic E-state index is 0.0118. The Labute approximate surface area is 106 Å². The van der Waals surface area contributed by atoms with Crippen molar-refractivity contribution in [1.29, 1.82) is 0 Å². The molecule has 0 bridgehead atoms. The zero-order chi connectivity index (χ0) is 12.0. The molecule has 0 amide bonds. The number of aryl methyl sites for hydroxylation is 1. The van der Waals surface area contributed by atoms with Crippen LogP contribution in [0.3, 0.4) is 0 Å². The fraction of sp³-hybridized carbons (Fsp3) is 0.300. The molecule has 0 saturated carbocycles. The molecule has 0 aliphatic rings. The van der Waals surface area contributed by atoms with E-state index >= 15 is 0 Å². The summed E-state index contributed by atoms with van der Waals surface area (Å²) in [5.74, 6) is 0.568. The Hall–Kier alpha value is -0.860. The summed E-state index contributed by atoms with van der Waals surface area (Å²) in [6.45, 7) is 2.02. The van der Waals surface area contributed by atoms with E-state index in [1.807, 2.05) is 28.7 Å². The number of benzene rings is 1. The van der Waals surface area contributed by atoms with Crippen molar-refractivity contribution in [2.24, 2.45) is 10.7 Å². The van der Waals surface area contributed by atoms with Crippen molar-refractivity contribution >= 4 is 17.3 Å². The average Bonchev–Trinajstić information content (AvgIpc) is 2.23. The van der Waals surface area contributed by atoms with Crippen LogP contribution in [0.4, 0.5) is 11.4 Å². The molecule has 0 saturated heterocycles. The predicted octanol–water partition coefficient (Wildman–Crippen LogP) is -2.89. The van der Waals surface area contributed by atoms with Crippen LogP contribution in [0, 0.1) is 6.92 Å². The number of guanidine groups is 1. The van der Waals surface area contributed by atoms with Crippen LogP contribution in [0.25, 0.3) is 0 Å². The van der Waals surface area contributed by atoms with Gasteiger partial charge in [0.2, 0.25) is 0 Å². The average molecular weight is 336 g/mol. The first-order chi connectivity index (χ1) is 7.67. The number of rotatable bonds is 4. The van der Waals surface area contributed by atoms with Crippen LogP contribution in [-0.4, -0.2) is 18.0 Å². The van der Waals surface area contributed by atoms with Crippen LogP contribution in [0.2, 0.25) is 0 Å². The van der Waals surface area contributed by atoms with Gasteiger partial charge in [-0.1, -0.05) is 0 Å². The van der Waals surface area contributed by atoms with Crippen LogP contribution >= 0.6 is 0 Å². The van der Waals surface area contributed by atoms with Crippen molar-refractivity contribution in [2.75, 3.05) is 17.5 Å². The van der Waals surface area contributed by atoms with Gasteiger partial charge in [0.05, 0.1) is 0 Å². The zero-order valence-electron chi connectivity index (χ0n) is 9.62. The first-order valence-electron chi connectivity index (χ1n) is 4.72. The van der Waals surface area contributed by atoms with Gasteiger partial charge < -0.3 is 0 Å². The molecule has 0 aliphatic carbocycles. The number of alkyl halides is 1. The number of halogens is 1. The second-order valence-electron chi connectivity index (χ2n) is 3.19. The Morgan fingerprint density at radius 2 is 2.31 bits per heavy atom. The number of nitrogens with two attached hydrogens (primary N) is 2. The van der Waals surface area contributed by atoms with Crippen molar-refractivity contribution in [3.05, 3.63) is 23.8 Å². The van der Waals surface area contributed by atoms with Gasteiger partial charge in [0, 0.05) is 0 Å². The van der Waals surface area contributed by atoms with E-state index in [0.717, 1.165) is 16.9 Å². The van der Waals surface area contributed by atoms with Crippen molar-refractivity contribution in [1.82, 2.24) is 0 Å². The van der Waals surface area contributed by atoms with E-state index in [1.54, 1.807) is 7.11 Å². The Morgan fingerprint density at radius 1 is 1.56 bits per heavy atom. The summed E-state index contributed by atoms with van der Waals surface area (Å²) in [6, 6.07) is 5.88. The number of hydrogen-bond donors (Lipinski definition) is 3. The van der Waals surface area contributed by atoms with E-state index in [0.29, 0.717) is 5.96 Å². The van der Waals surface area contributed by atoms with Gasteiger partial charge in [0.25, 0.3) is 0 Å². The van der Waals surface area contributed by atoms with E-state index in [9.17, 15) is 0 Å². The maximum atomic E-state index is 5.77. The molecule has 1 rings (SSSR count). The number of nitrogens with zero attached hydrogens (tertiary/aromatic N) is 1. The number of nitrogens with one attached hydrogen (secondary N) is 1. The van der Waals surface area contributed by atoms with Crippen LogP contribution in [0.1, 0.15) is 5.56 Å². The molecular formula is C10H17IN4O. The van der Waals surface area contributed by atoms with Gasteiger partial charge in [0.1, 0.15) is 0 Å². The van der Waals surface area contributed by atoms with E-state index in [2.05, 4.69) is 15.4 Å². The molecule has 90 valence electrons. The Kier molecular flexibility index (Phi) is 5.50. The predicted molar refractivity (Wildman–Crippen MR) is 60.9 cm³/mol. The molecule has 1 aromatic carbocycles. The van der Waals surface area contributed by atoms with Gasteiger partial charge in [-0.05, 0) is 0 Å². The van der Waals surface area contributed by atoms with Crippen LogP contribution in [0.15, 0.2) is 23.2 Å². The second-order valence-corrected chi connectivity index (χ2v) is 5.06. The molecule has 1 aromatic rings. The summed E-state index contributed by atoms with van der Waals surface area (Å²) in [7, 11) is 1.57. The summed E-state index contributed by atoms with van der Waals surface area (Å²) in [4.78, 5) is 11.4. The fourth-order valence-electron chi connectivity index (χ4n) is 1.21. The topological polar surface area (TPSA) is 76.2 Å². The van der Waals surface area contributed by atoms with Gasteiger partial charge in [0.15, 0.2) is 0 Å². The van der Waals surface area contributed by atoms with E-state index in [4.69, 9.17) is 10.6 Å². The summed E-state index contributed by atoms with van der Waals surface area (Å²) in [5, 5.41) is 0. The third-order valence-corrected chi connectivity index (χ3v) is 3.10. The monoisotopic (exact) mass is 336 g/mol. The normalized spacial score (nSPS) is 11.8. The van der Waals surface area contributed by atoms with Gasteiger partial charge >= 0.3 is 106 Å². The summed E-state index contributed by atoms with van der Waals surface area (Å²) in [6.07, 6.45) is 0. The first-order valence-corrected chi connectivity index (χ1v) is 8.12. The molecule has 5 nitrogen and oxygen atoms in total. The molecule has 0 heterocycles. The zero-order valence-corrected chi connectivity index (χ0v) is 11.8. The molecule has 0 aromatic heterocycles. The van der Waals surface area contributed by atoms with Gasteiger partial charge in [-0.2, -0.15) is 0 Å². The van der Waals surface area contributed by atoms with Crippen LogP contribution in [-0.2, 0) is 4.84 Å². The second kappa shape index (κ2) is 6.66. The van der Waals surface area contributed by atoms with E-state index in [1.165, 1.54) is 0 Å². The molecule has 5 N–H and O–H groups in total. The number of quaternary nitrogens is 1. The molecule has 16 heavy (non-hydrogen) atoms. The van der Waals surface area contributed by atoms with Gasteiger partial charge in [-0.25, -0.2) is 0 Å². The quantitative estimate of drug-likeness (QED) is 0.138. The van der Waals surface area contributed by atoms with Crippen LogP contribution in [0.5, 0.6) is 0 Å². The SMILES string of the molecule is CONc1cc(C)ccc1N=C(N)[NH2+][I-]C. The first kappa shape index (κ1) is 13.2. The Balaban J connectivity index is 2.98. The van der Waals surface area contributed by atoms with Crippen molar-refractivity contribution in [2.45, 2.75) is 6.92 Å². The molecule has 0 fully saturated rings. The third kappa shape index (κ3) is 3.95. The van der Waals surface area contributed by atoms with Crippen LogP contribution < -0.4 is 36.2 Å². The fourth-order valence-corrected chi connectivity index (χ4v) is 1.99. The van der Waals surface area contributed by atoms with Crippen molar-refractivity contribution < 1.29 is 29.8 Å². The van der Waals surface area contributed by atoms with Crippen molar-refractivity contribution in [3.63, 3.8) is 0 Å². The number of anilines is 1. The molecule has 6 heteroatoms. The summed E-state index contributed by atoms with van der Waals surface area (Å²) in [5.41, 5.74) is 11.3. The molecular weight excluding hydrogens is 319 g/mol. The van der Waals surface area contributed by atoms with Gasteiger partial charge in [-0.15, -0.1) is 0 Å². The molecule has 0 unspecified atom stereocenters. The Morgan fingerprint density at radius 3 is 2.94 bits per heavy atom. The molecule has 0 atom stereocenters. The van der Waals surface area contributed by atoms with Gasteiger partial charge in [-0.3, -0.25) is 0 Å². The molecule has 0 spiro atoms. The van der Waals surface area contributed by atoms with E-state index < -0.39 is 0 Å². The molecule has 0 radical (unpaired) electrons. The standard InChI is InChI=1S/C10H17IN4O/c1-7-4-5-8(9(6-7)15-16-3)13-10(12)14-11-2/h4-6,15H,14H2,1-3H3,(H2,12,13). The number of aliphatic imine (C=N–C) groups is 1.